The van der Waals surface area contributed by atoms with Crippen molar-refractivity contribution in [1.29, 1.82) is 0 Å². The van der Waals surface area contributed by atoms with Gasteiger partial charge in [0, 0.05) is 11.0 Å². The minimum absolute atomic E-state index is 0.135. The van der Waals surface area contributed by atoms with Crippen molar-refractivity contribution < 1.29 is 19.4 Å². The van der Waals surface area contributed by atoms with Crippen LogP contribution in [0.3, 0.4) is 0 Å². The van der Waals surface area contributed by atoms with E-state index < -0.39 is 6.09 Å². The summed E-state index contributed by atoms with van der Waals surface area (Å²) in [6.45, 7) is 4.24. The molecule has 1 aliphatic heterocycles. The molecule has 5 heteroatoms. The number of hydrogen-bond donors (Lipinski definition) is 2. The van der Waals surface area contributed by atoms with E-state index in [1.54, 1.807) is 25.3 Å². The van der Waals surface area contributed by atoms with Crippen LogP contribution in [-0.4, -0.2) is 24.9 Å². The van der Waals surface area contributed by atoms with Gasteiger partial charge < -0.3 is 19.9 Å². The van der Waals surface area contributed by atoms with Crippen LogP contribution in [0.4, 0.5) is 4.79 Å². The molecule has 0 saturated carbocycles. The van der Waals surface area contributed by atoms with Crippen molar-refractivity contribution in [3.8, 4) is 11.5 Å². The molecule has 1 amide bonds. The minimum Gasteiger partial charge on any atom is -0.508 e. The molecule has 0 radical (unpaired) electrons. The fourth-order valence-corrected chi connectivity index (χ4v) is 2.08. The molecule has 0 aliphatic carbocycles. The highest BCUT2D eigenvalue weighted by atomic mass is 16.6. The van der Waals surface area contributed by atoms with E-state index in [-0.39, 0.29) is 17.2 Å². The molecule has 0 aromatic heterocycles. The molecule has 1 aromatic rings. The molecular formula is C13H17NO4. The van der Waals surface area contributed by atoms with Crippen molar-refractivity contribution in [2.45, 2.75) is 19.9 Å². The number of ether oxygens (including phenoxy) is 2. The molecule has 5 nitrogen and oxygen atoms in total. The van der Waals surface area contributed by atoms with E-state index >= 15 is 0 Å². The SMILES string of the molecule is COc1ccc(O)c([C@H]2NC(=O)OCC2(C)C)c1. The van der Waals surface area contributed by atoms with Crippen molar-refractivity contribution in [3.63, 3.8) is 0 Å². The van der Waals surface area contributed by atoms with Gasteiger partial charge in [0.25, 0.3) is 0 Å². The molecule has 0 bridgehead atoms. The Bertz CT molecular complexity index is 470. The van der Waals surface area contributed by atoms with Gasteiger partial charge in [-0.1, -0.05) is 13.8 Å². The number of methoxy groups -OCH3 is 1. The van der Waals surface area contributed by atoms with Gasteiger partial charge in [-0.15, -0.1) is 0 Å². The first kappa shape index (κ1) is 12.5. The van der Waals surface area contributed by atoms with E-state index in [4.69, 9.17) is 9.47 Å². The van der Waals surface area contributed by atoms with Crippen LogP contribution >= 0.6 is 0 Å². The maximum absolute atomic E-state index is 11.4. The Kier molecular flexibility index (Phi) is 3.07. The molecule has 1 aliphatic rings. The van der Waals surface area contributed by atoms with E-state index in [0.717, 1.165) is 0 Å². The molecule has 1 atom stereocenters. The molecule has 2 rings (SSSR count). The summed E-state index contributed by atoms with van der Waals surface area (Å²) in [5, 5.41) is 12.7. The van der Waals surface area contributed by atoms with E-state index in [0.29, 0.717) is 17.9 Å². The summed E-state index contributed by atoms with van der Waals surface area (Å²) >= 11 is 0. The molecule has 18 heavy (non-hydrogen) atoms. The zero-order chi connectivity index (χ0) is 13.3. The van der Waals surface area contributed by atoms with Crippen molar-refractivity contribution in [1.82, 2.24) is 5.32 Å². The van der Waals surface area contributed by atoms with E-state index in [1.165, 1.54) is 0 Å². The number of carbonyl (C=O) groups is 1. The number of rotatable bonds is 2. The van der Waals surface area contributed by atoms with Crippen LogP contribution in [0, 0.1) is 5.41 Å². The van der Waals surface area contributed by atoms with Gasteiger partial charge in [-0.3, -0.25) is 0 Å². The molecule has 0 unspecified atom stereocenters. The number of hydrogen-bond acceptors (Lipinski definition) is 4. The minimum atomic E-state index is -0.471. The summed E-state index contributed by atoms with van der Waals surface area (Å²) in [7, 11) is 1.56. The third-order valence-corrected chi connectivity index (χ3v) is 3.16. The van der Waals surface area contributed by atoms with E-state index in [2.05, 4.69) is 5.32 Å². The Labute approximate surface area is 106 Å². The van der Waals surface area contributed by atoms with Crippen LogP contribution in [0.2, 0.25) is 0 Å². The molecule has 98 valence electrons. The Morgan fingerprint density at radius 3 is 2.89 bits per heavy atom. The lowest BCUT2D eigenvalue weighted by Gasteiger charge is -2.38. The van der Waals surface area contributed by atoms with Crippen molar-refractivity contribution in [2.75, 3.05) is 13.7 Å². The molecule has 1 heterocycles. The van der Waals surface area contributed by atoms with Crippen molar-refractivity contribution in [3.05, 3.63) is 23.8 Å². The van der Waals surface area contributed by atoms with Gasteiger partial charge in [0.05, 0.1) is 13.2 Å². The zero-order valence-corrected chi connectivity index (χ0v) is 10.7. The number of carbonyl (C=O) groups excluding carboxylic acids is 1. The largest absolute Gasteiger partial charge is 0.508 e. The van der Waals surface area contributed by atoms with Crippen LogP contribution in [0.15, 0.2) is 18.2 Å². The molecule has 1 fully saturated rings. The third-order valence-electron chi connectivity index (χ3n) is 3.16. The number of alkyl carbamates (subject to hydrolysis) is 1. The Morgan fingerprint density at radius 2 is 2.22 bits per heavy atom. The molecule has 0 spiro atoms. The van der Waals surface area contributed by atoms with Gasteiger partial charge in [-0.2, -0.15) is 0 Å². The quantitative estimate of drug-likeness (QED) is 0.845. The number of phenols is 1. The second-order valence-corrected chi connectivity index (χ2v) is 5.07. The normalized spacial score (nSPS) is 21.9. The summed E-state index contributed by atoms with van der Waals surface area (Å²) in [6, 6.07) is 4.65. The Balaban J connectivity index is 2.42. The summed E-state index contributed by atoms with van der Waals surface area (Å²) in [5.41, 5.74) is 0.327. The molecule has 1 aromatic carbocycles. The van der Waals surface area contributed by atoms with Crippen LogP contribution in [0.25, 0.3) is 0 Å². The van der Waals surface area contributed by atoms with Crippen LogP contribution in [0.1, 0.15) is 25.5 Å². The van der Waals surface area contributed by atoms with Gasteiger partial charge in [0.1, 0.15) is 18.1 Å². The van der Waals surface area contributed by atoms with Crippen LogP contribution in [0.5, 0.6) is 11.5 Å². The highest BCUT2D eigenvalue weighted by Gasteiger charge is 2.39. The molecule has 2 N–H and O–H groups in total. The number of aromatic hydroxyl groups is 1. The van der Waals surface area contributed by atoms with E-state index in [9.17, 15) is 9.90 Å². The first-order chi connectivity index (χ1) is 8.44. The lowest BCUT2D eigenvalue weighted by molar-refractivity contribution is 0.0380. The van der Waals surface area contributed by atoms with E-state index in [1.807, 2.05) is 13.8 Å². The Morgan fingerprint density at radius 1 is 1.50 bits per heavy atom. The smallest absolute Gasteiger partial charge is 0.407 e. The number of benzene rings is 1. The second kappa shape index (κ2) is 4.40. The third kappa shape index (κ3) is 2.20. The highest BCUT2D eigenvalue weighted by molar-refractivity contribution is 5.69. The predicted molar refractivity (Wildman–Crippen MR) is 65.7 cm³/mol. The predicted octanol–water partition coefficient (Wildman–Crippen LogP) is 2.21. The van der Waals surface area contributed by atoms with Crippen molar-refractivity contribution >= 4 is 6.09 Å². The monoisotopic (exact) mass is 251 g/mol. The van der Waals surface area contributed by atoms with Gasteiger partial charge in [0.15, 0.2) is 0 Å². The molecule has 1 saturated heterocycles. The summed E-state index contributed by atoms with van der Waals surface area (Å²) in [5.74, 6) is 0.774. The summed E-state index contributed by atoms with van der Waals surface area (Å²) in [6.07, 6.45) is -0.471. The molecular weight excluding hydrogens is 234 g/mol. The van der Waals surface area contributed by atoms with Gasteiger partial charge in [-0.25, -0.2) is 4.79 Å². The number of phenolic OH excluding ortho intramolecular Hbond substituents is 1. The second-order valence-electron chi connectivity index (χ2n) is 5.07. The maximum atomic E-state index is 11.4. The average Bonchev–Trinajstić information content (AvgIpc) is 2.33. The van der Waals surface area contributed by atoms with Gasteiger partial charge >= 0.3 is 6.09 Å². The van der Waals surface area contributed by atoms with Crippen molar-refractivity contribution in [2.24, 2.45) is 5.41 Å². The maximum Gasteiger partial charge on any atom is 0.407 e. The first-order valence-electron chi connectivity index (χ1n) is 5.74. The number of cyclic esters (lactones) is 1. The lowest BCUT2D eigenvalue weighted by atomic mass is 9.80. The van der Waals surface area contributed by atoms with Gasteiger partial charge in [0.2, 0.25) is 0 Å². The van der Waals surface area contributed by atoms with Gasteiger partial charge in [-0.05, 0) is 18.2 Å². The summed E-state index contributed by atoms with van der Waals surface area (Å²) in [4.78, 5) is 11.4. The van der Waals surface area contributed by atoms with Crippen LogP contribution < -0.4 is 10.1 Å². The summed E-state index contributed by atoms with van der Waals surface area (Å²) < 4.78 is 10.1. The first-order valence-corrected chi connectivity index (χ1v) is 5.74. The average molecular weight is 251 g/mol. The van der Waals surface area contributed by atoms with Crippen LogP contribution in [-0.2, 0) is 4.74 Å². The fraction of sp³-hybridized carbons (Fsp3) is 0.462. The standard InChI is InChI=1S/C13H17NO4/c1-13(2)7-18-12(16)14-11(13)9-6-8(17-3)4-5-10(9)15/h4-6,11,15H,7H2,1-3H3,(H,14,16)/t11-/m1/s1. The highest BCUT2D eigenvalue weighted by Crippen LogP contribution is 2.41. The zero-order valence-electron chi connectivity index (χ0n) is 10.7. The Hall–Kier alpha value is -1.91. The fourth-order valence-electron chi connectivity index (χ4n) is 2.08. The topological polar surface area (TPSA) is 67.8 Å². The number of amides is 1. The number of nitrogens with one attached hydrogen (secondary N) is 1. The lowest BCUT2D eigenvalue weighted by Crippen LogP contribution is -2.46.